The number of rotatable bonds is 4. The number of aliphatic hydroxyl groups excluding tert-OH is 1. The van der Waals surface area contributed by atoms with Gasteiger partial charge in [-0.15, -0.1) is 0 Å². The first kappa shape index (κ1) is 14.4. The van der Waals surface area contributed by atoms with E-state index in [2.05, 4.69) is 20.9 Å². The second-order valence-electron chi connectivity index (χ2n) is 3.81. The maximum absolute atomic E-state index is 12.2. The van der Waals surface area contributed by atoms with Gasteiger partial charge in [0.2, 0.25) is 0 Å². The Morgan fingerprint density at radius 1 is 1.65 bits per heavy atom. The Labute approximate surface area is 114 Å². The molecular weight excluding hydrogens is 307 g/mol. The third-order valence-electron chi connectivity index (χ3n) is 2.26. The highest BCUT2D eigenvalue weighted by Crippen LogP contribution is 2.20. The molecule has 0 aliphatic carbocycles. The number of aromatic nitrogens is 1. The highest BCUT2D eigenvalue weighted by Gasteiger charge is 2.21. The average molecular weight is 322 g/mol. The van der Waals surface area contributed by atoms with Crippen molar-refractivity contribution < 1.29 is 9.90 Å². The van der Waals surface area contributed by atoms with E-state index < -0.39 is 0 Å². The molecule has 1 heterocycles. The van der Waals surface area contributed by atoms with Crippen LogP contribution in [0, 0.1) is 0 Å². The molecule has 0 aromatic carbocycles. The number of hydrogen-bond acceptors (Lipinski definition) is 3. The molecule has 1 aromatic rings. The zero-order chi connectivity index (χ0) is 13.0. The molecule has 17 heavy (non-hydrogen) atoms. The molecule has 1 rings (SSSR count). The maximum atomic E-state index is 12.2. The molecule has 0 atom stereocenters. The highest BCUT2D eigenvalue weighted by molar-refractivity contribution is 9.10. The van der Waals surface area contributed by atoms with Gasteiger partial charge in [-0.25, -0.2) is 4.98 Å². The number of nitrogens with zero attached hydrogens (tertiary/aromatic N) is 2. The first-order chi connectivity index (χ1) is 7.97. The molecule has 0 saturated heterocycles. The first-order valence-corrected chi connectivity index (χ1v) is 6.37. The van der Waals surface area contributed by atoms with Gasteiger partial charge >= 0.3 is 0 Å². The molecule has 0 bridgehead atoms. The van der Waals surface area contributed by atoms with E-state index in [9.17, 15) is 4.79 Å². The molecule has 94 valence electrons. The average Bonchev–Trinajstić information content (AvgIpc) is 2.28. The van der Waals surface area contributed by atoms with Crippen LogP contribution in [-0.2, 0) is 0 Å². The van der Waals surface area contributed by atoms with Crippen molar-refractivity contribution in [3.8, 4) is 0 Å². The van der Waals surface area contributed by atoms with E-state index in [1.54, 1.807) is 11.0 Å². The number of pyridine rings is 1. The normalized spacial score (nSPS) is 10.7. The third kappa shape index (κ3) is 3.66. The number of amides is 1. The van der Waals surface area contributed by atoms with Crippen molar-refractivity contribution in [2.45, 2.75) is 19.9 Å². The van der Waals surface area contributed by atoms with Crippen LogP contribution in [0.15, 0.2) is 16.7 Å². The zero-order valence-electron chi connectivity index (χ0n) is 9.65. The molecular formula is C11H14BrClN2O2. The summed E-state index contributed by atoms with van der Waals surface area (Å²) >= 11 is 9.15. The summed E-state index contributed by atoms with van der Waals surface area (Å²) in [6, 6.07) is 1.62. The molecule has 0 aliphatic heterocycles. The summed E-state index contributed by atoms with van der Waals surface area (Å²) in [5.41, 5.74) is 0.336. The van der Waals surface area contributed by atoms with Crippen LogP contribution < -0.4 is 0 Å². The van der Waals surface area contributed by atoms with Gasteiger partial charge in [-0.2, -0.15) is 0 Å². The molecule has 4 nitrogen and oxygen atoms in total. The lowest BCUT2D eigenvalue weighted by atomic mass is 10.2. The number of aliphatic hydroxyl groups is 1. The highest BCUT2D eigenvalue weighted by atomic mass is 79.9. The molecule has 1 aromatic heterocycles. The van der Waals surface area contributed by atoms with Gasteiger partial charge in [-0.05, 0) is 35.8 Å². The smallest absolute Gasteiger partial charge is 0.257 e. The van der Waals surface area contributed by atoms with E-state index in [1.807, 2.05) is 13.8 Å². The summed E-state index contributed by atoms with van der Waals surface area (Å²) in [6.07, 6.45) is 1.53. The van der Waals surface area contributed by atoms with Gasteiger partial charge in [0.1, 0.15) is 5.15 Å². The summed E-state index contributed by atoms with van der Waals surface area (Å²) in [4.78, 5) is 17.7. The van der Waals surface area contributed by atoms with Crippen LogP contribution in [0.2, 0.25) is 5.15 Å². The van der Waals surface area contributed by atoms with Crippen LogP contribution in [-0.4, -0.2) is 40.1 Å². The van der Waals surface area contributed by atoms with Crippen molar-refractivity contribution in [2.24, 2.45) is 0 Å². The van der Waals surface area contributed by atoms with Crippen molar-refractivity contribution in [2.75, 3.05) is 13.2 Å². The van der Waals surface area contributed by atoms with Crippen LogP contribution in [0.5, 0.6) is 0 Å². The molecule has 0 aliphatic rings. The van der Waals surface area contributed by atoms with Crippen molar-refractivity contribution in [1.82, 2.24) is 9.88 Å². The summed E-state index contributed by atoms with van der Waals surface area (Å²) in [5.74, 6) is -0.229. The predicted molar refractivity (Wildman–Crippen MR) is 70.2 cm³/mol. The van der Waals surface area contributed by atoms with E-state index in [4.69, 9.17) is 16.7 Å². The van der Waals surface area contributed by atoms with E-state index in [-0.39, 0.29) is 30.3 Å². The minimum absolute atomic E-state index is 0.00954. The summed E-state index contributed by atoms with van der Waals surface area (Å²) in [5, 5.41) is 9.12. The first-order valence-electron chi connectivity index (χ1n) is 5.20. The lowest BCUT2D eigenvalue weighted by molar-refractivity contribution is 0.0665. The lowest BCUT2D eigenvalue weighted by Crippen LogP contribution is -2.39. The monoisotopic (exact) mass is 320 g/mol. The molecule has 0 unspecified atom stereocenters. The Balaban J connectivity index is 3.04. The largest absolute Gasteiger partial charge is 0.395 e. The van der Waals surface area contributed by atoms with Crippen molar-refractivity contribution >= 4 is 33.4 Å². The molecule has 0 fully saturated rings. The van der Waals surface area contributed by atoms with E-state index in [0.29, 0.717) is 10.0 Å². The maximum Gasteiger partial charge on any atom is 0.257 e. The van der Waals surface area contributed by atoms with E-state index >= 15 is 0 Å². The molecule has 1 N–H and O–H groups in total. The van der Waals surface area contributed by atoms with Gasteiger partial charge in [-0.1, -0.05) is 11.6 Å². The molecule has 0 spiro atoms. The minimum Gasteiger partial charge on any atom is -0.395 e. The number of hydrogen-bond donors (Lipinski definition) is 1. The standard InChI is InChI=1S/C11H14BrClN2O2/c1-7(2)15(3-4-16)11(17)9-5-8(12)6-14-10(9)13/h5-7,16H,3-4H2,1-2H3. The minimum atomic E-state index is -0.229. The van der Waals surface area contributed by atoms with Crippen LogP contribution in [0.3, 0.4) is 0 Å². The fourth-order valence-corrected chi connectivity index (χ4v) is 1.94. The lowest BCUT2D eigenvalue weighted by Gasteiger charge is -2.26. The van der Waals surface area contributed by atoms with Crippen LogP contribution in [0.1, 0.15) is 24.2 Å². The second-order valence-corrected chi connectivity index (χ2v) is 5.08. The topological polar surface area (TPSA) is 53.4 Å². The van der Waals surface area contributed by atoms with Gasteiger partial charge in [0.25, 0.3) is 5.91 Å². The van der Waals surface area contributed by atoms with Gasteiger partial charge in [0, 0.05) is 23.3 Å². The Morgan fingerprint density at radius 3 is 2.82 bits per heavy atom. The second kappa shape index (κ2) is 6.33. The van der Waals surface area contributed by atoms with Gasteiger partial charge in [0.05, 0.1) is 12.2 Å². The number of halogens is 2. The summed E-state index contributed by atoms with van der Waals surface area (Å²) in [6.45, 7) is 3.96. The third-order valence-corrected chi connectivity index (χ3v) is 3.00. The van der Waals surface area contributed by atoms with E-state index in [1.165, 1.54) is 6.20 Å². The Kier molecular flexibility index (Phi) is 5.36. The fraction of sp³-hybridized carbons (Fsp3) is 0.455. The quantitative estimate of drug-likeness (QED) is 0.866. The fourth-order valence-electron chi connectivity index (χ4n) is 1.43. The van der Waals surface area contributed by atoms with Gasteiger partial charge < -0.3 is 10.0 Å². The van der Waals surface area contributed by atoms with Gasteiger partial charge in [-0.3, -0.25) is 4.79 Å². The van der Waals surface area contributed by atoms with Crippen molar-refractivity contribution in [1.29, 1.82) is 0 Å². The number of carbonyl (C=O) groups excluding carboxylic acids is 1. The van der Waals surface area contributed by atoms with Crippen LogP contribution in [0.25, 0.3) is 0 Å². The molecule has 0 saturated carbocycles. The van der Waals surface area contributed by atoms with Crippen molar-refractivity contribution in [3.63, 3.8) is 0 Å². The Hall–Kier alpha value is -0.650. The van der Waals surface area contributed by atoms with E-state index in [0.717, 1.165) is 0 Å². The predicted octanol–water partition coefficient (Wildman–Crippen LogP) is 2.34. The molecule has 0 radical (unpaired) electrons. The summed E-state index contributed by atoms with van der Waals surface area (Å²) in [7, 11) is 0. The van der Waals surface area contributed by atoms with Crippen LogP contribution >= 0.6 is 27.5 Å². The SMILES string of the molecule is CC(C)N(CCO)C(=O)c1cc(Br)cnc1Cl. The molecule has 1 amide bonds. The summed E-state index contributed by atoms with van der Waals surface area (Å²) < 4.78 is 0.693. The van der Waals surface area contributed by atoms with Crippen LogP contribution in [0.4, 0.5) is 0 Å². The van der Waals surface area contributed by atoms with Gasteiger partial charge in [0.15, 0.2) is 0 Å². The van der Waals surface area contributed by atoms with Crippen molar-refractivity contribution in [3.05, 3.63) is 27.5 Å². The Morgan fingerprint density at radius 2 is 2.29 bits per heavy atom. The number of carbonyl (C=O) groups is 1. The Bertz CT molecular complexity index is 412. The molecule has 6 heteroatoms. The zero-order valence-corrected chi connectivity index (χ0v) is 12.0.